The number of rotatable bonds is 6. The average molecular weight is 307 g/mol. The van der Waals surface area contributed by atoms with E-state index in [0.29, 0.717) is 29.4 Å². The highest BCUT2D eigenvalue weighted by atomic mass is 35.5. The van der Waals surface area contributed by atoms with E-state index in [2.05, 4.69) is 0 Å². The molecule has 110 valence electrons. The molecule has 6 heteroatoms. The van der Waals surface area contributed by atoms with Crippen LogP contribution in [-0.2, 0) is 0 Å². The third-order valence-corrected chi connectivity index (χ3v) is 3.14. The minimum atomic E-state index is -1.50. The van der Waals surface area contributed by atoms with E-state index in [-0.39, 0.29) is 0 Å². The topological polar surface area (TPSA) is 58.9 Å². The molecule has 0 heterocycles. The van der Waals surface area contributed by atoms with Gasteiger partial charge >= 0.3 is 7.12 Å². The lowest BCUT2D eigenvalue weighted by Gasteiger charge is -2.11. The minimum absolute atomic E-state index is 0.354. The predicted octanol–water partition coefficient (Wildman–Crippen LogP) is 1.79. The van der Waals surface area contributed by atoms with Crippen molar-refractivity contribution in [3.05, 3.63) is 53.1 Å². The van der Waals surface area contributed by atoms with Crippen LogP contribution in [0.2, 0.25) is 5.02 Å². The van der Waals surface area contributed by atoms with Gasteiger partial charge in [-0.3, -0.25) is 0 Å². The van der Waals surface area contributed by atoms with E-state index in [1.807, 2.05) is 19.1 Å². The van der Waals surface area contributed by atoms with Gasteiger partial charge in [-0.1, -0.05) is 23.7 Å². The van der Waals surface area contributed by atoms with Gasteiger partial charge in [0.2, 0.25) is 0 Å². The molecule has 0 fully saturated rings. The summed E-state index contributed by atoms with van der Waals surface area (Å²) in [5.74, 6) is 1.33. The van der Waals surface area contributed by atoms with E-state index in [1.165, 1.54) is 0 Å². The standard InChI is InChI=1S/C15H16BClO4/c1-11-9-13(17)5-6-15(11)21-8-7-20-14-4-2-3-12(10-14)16(18)19/h2-6,9-10,18-19H,7-8H2,1H3. The summed E-state index contributed by atoms with van der Waals surface area (Å²) in [6.45, 7) is 2.66. The zero-order valence-electron chi connectivity index (χ0n) is 11.6. The maximum Gasteiger partial charge on any atom is 0.488 e. The molecular weight excluding hydrogens is 290 g/mol. The van der Waals surface area contributed by atoms with Crippen LogP contribution in [-0.4, -0.2) is 30.4 Å². The molecule has 0 saturated carbocycles. The number of ether oxygens (including phenoxy) is 2. The lowest BCUT2D eigenvalue weighted by molar-refractivity contribution is 0.216. The van der Waals surface area contributed by atoms with Gasteiger partial charge in [0.15, 0.2) is 0 Å². The normalized spacial score (nSPS) is 10.3. The molecular formula is C15H16BClO4. The van der Waals surface area contributed by atoms with Crippen LogP contribution in [0.15, 0.2) is 42.5 Å². The molecule has 21 heavy (non-hydrogen) atoms. The first-order valence-electron chi connectivity index (χ1n) is 6.54. The summed E-state index contributed by atoms with van der Waals surface area (Å²) in [4.78, 5) is 0. The highest BCUT2D eigenvalue weighted by molar-refractivity contribution is 6.58. The van der Waals surface area contributed by atoms with Gasteiger partial charge in [-0.2, -0.15) is 0 Å². The van der Waals surface area contributed by atoms with E-state index in [1.54, 1.807) is 30.3 Å². The quantitative estimate of drug-likeness (QED) is 0.631. The summed E-state index contributed by atoms with van der Waals surface area (Å²) in [7, 11) is -1.50. The SMILES string of the molecule is Cc1cc(Cl)ccc1OCCOc1cccc(B(O)O)c1. The molecule has 0 aliphatic heterocycles. The lowest BCUT2D eigenvalue weighted by Crippen LogP contribution is -2.29. The summed E-state index contributed by atoms with van der Waals surface area (Å²) in [6.07, 6.45) is 0. The van der Waals surface area contributed by atoms with Crippen LogP contribution >= 0.6 is 11.6 Å². The molecule has 0 aromatic heterocycles. The number of halogens is 1. The highest BCUT2D eigenvalue weighted by Gasteiger charge is 2.11. The number of hydrogen-bond donors (Lipinski definition) is 2. The van der Waals surface area contributed by atoms with Crippen LogP contribution < -0.4 is 14.9 Å². The molecule has 0 atom stereocenters. The molecule has 0 unspecified atom stereocenters. The molecule has 0 saturated heterocycles. The Morgan fingerprint density at radius 1 is 1.05 bits per heavy atom. The largest absolute Gasteiger partial charge is 0.490 e. The first kappa shape index (κ1) is 15.7. The lowest BCUT2D eigenvalue weighted by atomic mass is 9.80. The first-order valence-corrected chi connectivity index (χ1v) is 6.92. The summed E-state index contributed by atoms with van der Waals surface area (Å²) < 4.78 is 11.1. The van der Waals surface area contributed by atoms with Gasteiger partial charge < -0.3 is 19.5 Å². The van der Waals surface area contributed by atoms with Crippen molar-refractivity contribution >= 4 is 24.2 Å². The molecule has 2 aromatic carbocycles. The molecule has 2 N–H and O–H groups in total. The van der Waals surface area contributed by atoms with Gasteiger partial charge in [0, 0.05) is 5.02 Å². The highest BCUT2D eigenvalue weighted by Crippen LogP contribution is 2.21. The summed E-state index contributed by atoms with van der Waals surface area (Å²) in [6, 6.07) is 12.1. The second-order valence-corrected chi connectivity index (χ2v) is 4.99. The van der Waals surface area contributed by atoms with Crippen LogP contribution in [0.3, 0.4) is 0 Å². The summed E-state index contributed by atoms with van der Waals surface area (Å²) >= 11 is 5.88. The van der Waals surface area contributed by atoms with Gasteiger partial charge in [-0.15, -0.1) is 0 Å². The van der Waals surface area contributed by atoms with Crippen molar-refractivity contribution in [2.45, 2.75) is 6.92 Å². The minimum Gasteiger partial charge on any atom is -0.490 e. The number of aryl methyl sites for hydroxylation is 1. The van der Waals surface area contributed by atoms with Gasteiger partial charge in [-0.05, 0) is 48.3 Å². The van der Waals surface area contributed by atoms with Crippen molar-refractivity contribution < 1.29 is 19.5 Å². The Morgan fingerprint density at radius 3 is 2.52 bits per heavy atom. The van der Waals surface area contributed by atoms with Crippen LogP contribution in [0.1, 0.15) is 5.56 Å². The molecule has 0 aliphatic rings. The fraction of sp³-hybridized carbons (Fsp3) is 0.200. The number of hydrogen-bond acceptors (Lipinski definition) is 4. The van der Waals surface area contributed by atoms with E-state index < -0.39 is 7.12 Å². The first-order chi connectivity index (χ1) is 10.1. The Balaban J connectivity index is 1.83. The Morgan fingerprint density at radius 2 is 1.81 bits per heavy atom. The van der Waals surface area contributed by atoms with Crippen molar-refractivity contribution in [2.75, 3.05) is 13.2 Å². The van der Waals surface area contributed by atoms with Crippen molar-refractivity contribution in [1.82, 2.24) is 0 Å². The molecule has 0 amide bonds. The average Bonchev–Trinajstić information content (AvgIpc) is 2.45. The van der Waals surface area contributed by atoms with Crippen LogP contribution in [0.4, 0.5) is 0 Å². The van der Waals surface area contributed by atoms with Crippen LogP contribution in [0.25, 0.3) is 0 Å². The van der Waals surface area contributed by atoms with Gasteiger partial charge in [0.05, 0.1) is 0 Å². The van der Waals surface area contributed by atoms with E-state index in [4.69, 9.17) is 31.1 Å². The third kappa shape index (κ3) is 4.67. The molecule has 0 aliphatic carbocycles. The zero-order valence-corrected chi connectivity index (χ0v) is 12.4. The Labute approximate surface area is 129 Å². The van der Waals surface area contributed by atoms with Crippen molar-refractivity contribution in [3.63, 3.8) is 0 Å². The van der Waals surface area contributed by atoms with E-state index in [9.17, 15) is 0 Å². The van der Waals surface area contributed by atoms with Crippen molar-refractivity contribution in [1.29, 1.82) is 0 Å². The molecule has 2 rings (SSSR count). The predicted molar refractivity (Wildman–Crippen MR) is 83.4 cm³/mol. The van der Waals surface area contributed by atoms with Gasteiger partial charge in [0.1, 0.15) is 24.7 Å². The Bertz CT molecular complexity index is 604. The Kier molecular flexibility index (Phi) is 5.50. The molecule has 4 nitrogen and oxygen atoms in total. The fourth-order valence-corrected chi connectivity index (χ4v) is 2.08. The maximum atomic E-state index is 9.09. The molecule has 0 spiro atoms. The monoisotopic (exact) mass is 306 g/mol. The van der Waals surface area contributed by atoms with E-state index in [0.717, 1.165) is 11.3 Å². The van der Waals surface area contributed by atoms with Crippen LogP contribution in [0, 0.1) is 6.92 Å². The third-order valence-electron chi connectivity index (χ3n) is 2.90. The smallest absolute Gasteiger partial charge is 0.488 e. The van der Waals surface area contributed by atoms with Crippen molar-refractivity contribution in [3.8, 4) is 11.5 Å². The summed E-state index contributed by atoms with van der Waals surface area (Å²) in [5.41, 5.74) is 1.36. The van der Waals surface area contributed by atoms with Gasteiger partial charge in [0.25, 0.3) is 0 Å². The Hall–Kier alpha value is -1.69. The zero-order chi connectivity index (χ0) is 15.2. The maximum absolute atomic E-state index is 9.09. The molecule has 2 aromatic rings. The van der Waals surface area contributed by atoms with Crippen LogP contribution in [0.5, 0.6) is 11.5 Å². The molecule has 0 bridgehead atoms. The molecule has 0 radical (unpaired) electrons. The fourth-order valence-electron chi connectivity index (χ4n) is 1.85. The number of benzene rings is 2. The van der Waals surface area contributed by atoms with E-state index >= 15 is 0 Å². The van der Waals surface area contributed by atoms with Crippen molar-refractivity contribution in [2.24, 2.45) is 0 Å². The second kappa shape index (κ2) is 7.36. The second-order valence-electron chi connectivity index (χ2n) is 4.55. The summed E-state index contributed by atoms with van der Waals surface area (Å²) in [5, 5.41) is 18.8. The van der Waals surface area contributed by atoms with Gasteiger partial charge in [-0.25, -0.2) is 0 Å².